The van der Waals surface area contributed by atoms with E-state index in [-0.39, 0.29) is 6.61 Å². The van der Waals surface area contributed by atoms with Gasteiger partial charge in [0.25, 0.3) is 0 Å². The molecule has 7 heteroatoms. The Morgan fingerprint density at radius 1 is 1.09 bits per heavy atom. The molecule has 0 radical (unpaired) electrons. The smallest absolute Gasteiger partial charge is 0.416 e. The van der Waals surface area contributed by atoms with Crippen molar-refractivity contribution in [2.75, 3.05) is 0 Å². The molecule has 3 nitrogen and oxygen atoms in total. The molecule has 0 atom stereocenters. The van der Waals surface area contributed by atoms with Gasteiger partial charge in [-0.1, -0.05) is 28.1 Å². The second-order valence-electron chi connectivity index (χ2n) is 4.57. The average Bonchev–Trinajstić information content (AvgIpc) is 2.47. The van der Waals surface area contributed by atoms with Gasteiger partial charge in [-0.05, 0) is 35.9 Å². The first kappa shape index (κ1) is 16.8. The number of hydrogen-bond donors (Lipinski definition) is 2. The van der Waals surface area contributed by atoms with Crippen LogP contribution in [0.1, 0.15) is 16.7 Å². The predicted molar refractivity (Wildman–Crippen MR) is 78.5 cm³/mol. The number of ether oxygens (including phenoxy) is 1. The van der Waals surface area contributed by atoms with Crippen LogP contribution in [-0.2, 0) is 19.3 Å². The van der Waals surface area contributed by atoms with E-state index in [9.17, 15) is 13.2 Å². The molecule has 0 aliphatic carbocycles. The summed E-state index contributed by atoms with van der Waals surface area (Å²) in [7, 11) is 0. The largest absolute Gasteiger partial charge is 0.489 e. The fraction of sp³-hybridized carbons (Fsp3) is 0.200. The number of hydrogen-bond acceptors (Lipinski definition) is 3. The Morgan fingerprint density at radius 3 is 2.36 bits per heavy atom. The van der Waals surface area contributed by atoms with E-state index in [1.165, 1.54) is 6.07 Å². The van der Waals surface area contributed by atoms with Gasteiger partial charge in [0.2, 0.25) is 0 Å². The Bertz CT molecular complexity index is 630. The summed E-state index contributed by atoms with van der Waals surface area (Å²) in [5, 5.41) is 8.58. The van der Waals surface area contributed by atoms with Gasteiger partial charge in [0.05, 0.1) is 5.56 Å². The molecule has 118 valence electrons. The van der Waals surface area contributed by atoms with E-state index in [2.05, 4.69) is 15.9 Å². The zero-order valence-corrected chi connectivity index (χ0v) is 12.9. The number of hydroxylamine groups is 1. The molecule has 22 heavy (non-hydrogen) atoms. The normalized spacial score (nSPS) is 11.5. The Hall–Kier alpha value is -1.57. The highest BCUT2D eigenvalue weighted by Gasteiger charge is 2.30. The Morgan fingerprint density at radius 2 is 1.77 bits per heavy atom. The van der Waals surface area contributed by atoms with Crippen molar-refractivity contribution in [3.63, 3.8) is 0 Å². The van der Waals surface area contributed by atoms with Crippen LogP contribution in [0.2, 0.25) is 0 Å². The summed E-state index contributed by atoms with van der Waals surface area (Å²) in [6.07, 6.45) is -4.38. The summed E-state index contributed by atoms with van der Waals surface area (Å²) in [4.78, 5) is 0. The van der Waals surface area contributed by atoms with Crippen LogP contribution in [0, 0.1) is 0 Å². The van der Waals surface area contributed by atoms with Gasteiger partial charge in [-0.15, -0.1) is 0 Å². The average molecular weight is 376 g/mol. The third-order valence-corrected chi connectivity index (χ3v) is 3.75. The molecule has 0 unspecified atom stereocenters. The highest BCUT2D eigenvalue weighted by Crippen LogP contribution is 2.32. The molecule has 0 spiro atoms. The predicted octanol–water partition coefficient (Wildman–Crippen LogP) is 4.53. The summed E-state index contributed by atoms with van der Waals surface area (Å²) in [6, 6.07) is 10.3. The van der Waals surface area contributed by atoms with Crippen LogP contribution < -0.4 is 10.2 Å². The summed E-state index contributed by atoms with van der Waals surface area (Å²) in [6.45, 7) is 0.321. The minimum absolute atomic E-state index is 0.0160. The first-order valence-electron chi connectivity index (χ1n) is 6.34. The quantitative estimate of drug-likeness (QED) is 0.754. The van der Waals surface area contributed by atoms with Gasteiger partial charge < -0.3 is 9.94 Å². The summed E-state index contributed by atoms with van der Waals surface area (Å²) in [5.74, 6) is 0.533. The van der Waals surface area contributed by atoms with Crippen molar-refractivity contribution in [3.05, 3.63) is 63.6 Å². The number of benzene rings is 2. The van der Waals surface area contributed by atoms with Crippen LogP contribution >= 0.6 is 15.9 Å². The van der Waals surface area contributed by atoms with Crippen molar-refractivity contribution in [1.29, 1.82) is 0 Å². The van der Waals surface area contributed by atoms with Crippen LogP contribution in [0.25, 0.3) is 0 Å². The lowest BCUT2D eigenvalue weighted by atomic mass is 10.1. The van der Waals surface area contributed by atoms with E-state index >= 15 is 0 Å². The van der Waals surface area contributed by atoms with E-state index in [0.29, 0.717) is 22.3 Å². The fourth-order valence-electron chi connectivity index (χ4n) is 1.82. The van der Waals surface area contributed by atoms with Gasteiger partial charge >= 0.3 is 6.18 Å². The van der Waals surface area contributed by atoms with E-state index in [1.807, 2.05) is 5.48 Å². The molecule has 2 N–H and O–H groups in total. The van der Waals surface area contributed by atoms with Crippen LogP contribution in [0.5, 0.6) is 5.75 Å². The maximum atomic E-state index is 12.7. The lowest BCUT2D eigenvalue weighted by molar-refractivity contribution is -0.137. The lowest BCUT2D eigenvalue weighted by Crippen LogP contribution is -2.07. The molecule has 0 aliphatic heterocycles. The molecule has 0 heterocycles. The van der Waals surface area contributed by atoms with Crippen molar-refractivity contribution in [2.45, 2.75) is 19.3 Å². The molecule has 0 saturated carbocycles. The van der Waals surface area contributed by atoms with Crippen molar-refractivity contribution in [3.8, 4) is 5.75 Å². The Labute approximate surface area is 133 Å². The minimum Gasteiger partial charge on any atom is -0.489 e. The summed E-state index contributed by atoms with van der Waals surface area (Å²) in [5.41, 5.74) is 2.60. The summed E-state index contributed by atoms with van der Waals surface area (Å²) < 4.78 is 44.1. The maximum Gasteiger partial charge on any atom is 0.416 e. The first-order chi connectivity index (χ1) is 10.4. The Balaban J connectivity index is 2.07. The van der Waals surface area contributed by atoms with E-state index in [1.54, 1.807) is 24.3 Å². The lowest BCUT2D eigenvalue weighted by Gasteiger charge is -2.12. The van der Waals surface area contributed by atoms with Gasteiger partial charge in [0.15, 0.2) is 0 Å². The van der Waals surface area contributed by atoms with Crippen LogP contribution in [0.4, 0.5) is 13.2 Å². The Kier molecular flexibility index (Phi) is 5.44. The van der Waals surface area contributed by atoms with Crippen molar-refractivity contribution in [1.82, 2.24) is 5.48 Å². The third kappa shape index (κ3) is 4.46. The molecule has 0 fully saturated rings. The van der Waals surface area contributed by atoms with Gasteiger partial charge in [-0.25, -0.2) is 5.48 Å². The number of rotatable bonds is 5. The SMILES string of the molecule is ONCc1ccc(OCc2cc(C(F)(F)F)ccc2Br)cc1. The van der Waals surface area contributed by atoms with Crippen molar-refractivity contribution >= 4 is 15.9 Å². The number of alkyl halides is 3. The van der Waals surface area contributed by atoms with Gasteiger partial charge in [0.1, 0.15) is 12.4 Å². The van der Waals surface area contributed by atoms with Crippen molar-refractivity contribution < 1.29 is 23.1 Å². The monoisotopic (exact) mass is 375 g/mol. The second kappa shape index (κ2) is 7.13. The maximum absolute atomic E-state index is 12.7. The summed E-state index contributed by atoms with van der Waals surface area (Å²) >= 11 is 3.22. The molecule has 0 amide bonds. The molecule has 0 aliphatic rings. The molecule has 2 aromatic carbocycles. The molecule has 2 aromatic rings. The molecular formula is C15H13BrF3NO2. The second-order valence-corrected chi connectivity index (χ2v) is 5.43. The van der Waals surface area contributed by atoms with Crippen molar-refractivity contribution in [2.24, 2.45) is 0 Å². The van der Waals surface area contributed by atoms with E-state index < -0.39 is 11.7 Å². The zero-order valence-electron chi connectivity index (χ0n) is 11.3. The fourth-order valence-corrected chi connectivity index (χ4v) is 2.18. The van der Waals surface area contributed by atoms with Crippen LogP contribution in [0.3, 0.4) is 0 Å². The molecule has 0 aromatic heterocycles. The number of nitrogens with one attached hydrogen (secondary N) is 1. The topological polar surface area (TPSA) is 41.5 Å². The van der Waals surface area contributed by atoms with Gasteiger partial charge in [-0.2, -0.15) is 13.2 Å². The minimum atomic E-state index is -4.38. The number of halogens is 4. The first-order valence-corrected chi connectivity index (χ1v) is 7.14. The highest BCUT2D eigenvalue weighted by molar-refractivity contribution is 9.10. The van der Waals surface area contributed by atoms with Crippen LogP contribution in [-0.4, -0.2) is 5.21 Å². The van der Waals surface area contributed by atoms with E-state index in [0.717, 1.165) is 17.7 Å². The third-order valence-electron chi connectivity index (χ3n) is 2.97. The van der Waals surface area contributed by atoms with Gasteiger partial charge in [-0.3, -0.25) is 0 Å². The molecule has 0 bridgehead atoms. The zero-order chi connectivity index (χ0) is 16.2. The molecule has 2 rings (SSSR count). The molecular weight excluding hydrogens is 363 g/mol. The highest BCUT2D eigenvalue weighted by atomic mass is 79.9. The van der Waals surface area contributed by atoms with Gasteiger partial charge in [0, 0.05) is 16.6 Å². The molecule has 0 saturated heterocycles. The van der Waals surface area contributed by atoms with E-state index in [4.69, 9.17) is 9.94 Å². The standard InChI is InChI=1S/C15H13BrF3NO2/c16-14-6-3-12(15(17,18)19)7-11(14)9-22-13-4-1-10(2-5-13)8-20-21/h1-7,20-21H,8-9H2. The van der Waals surface area contributed by atoms with Crippen LogP contribution in [0.15, 0.2) is 46.9 Å².